The van der Waals surface area contributed by atoms with Crippen LogP contribution in [0.1, 0.15) is 35.0 Å². The van der Waals surface area contributed by atoms with Gasteiger partial charge in [-0.3, -0.25) is 20.2 Å². The average Bonchev–Trinajstić information content (AvgIpc) is 3.22. The minimum absolute atomic E-state index is 0.130. The smallest absolute Gasteiger partial charge is 0.280 e. The number of anilines is 1. The highest BCUT2D eigenvalue weighted by Gasteiger charge is 2.29. The van der Waals surface area contributed by atoms with Crippen molar-refractivity contribution in [2.24, 2.45) is 0 Å². The van der Waals surface area contributed by atoms with Crippen molar-refractivity contribution < 1.29 is 27.1 Å². The summed E-state index contributed by atoms with van der Waals surface area (Å²) in [5.41, 5.74) is 3.44. The summed E-state index contributed by atoms with van der Waals surface area (Å²) in [6, 6.07) is 8.36. The first-order valence-corrected chi connectivity index (χ1v) is 11.6. The zero-order valence-corrected chi connectivity index (χ0v) is 19.5. The van der Waals surface area contributed by atoms with E-state index in [9.17, 15) is 22.4 Å². The Bertz CT molecular complexity index is 1470. The summed E-state index contributed by atoms with van der Waals surface area (Å²) in [7, 11) is 0. The monoisotopic (exact) mass is 501 g/mol. The van der Waals surface area contributed by atoms with Crippen LogP contribution in [-0.4, -0.2) is 24.0 Å². The first-order chi connectivity index (χ1) is 16.8. The van der Waals surface area contributed by atoms with Crippen molar-refractivity contribution in [2.75, 3.05) is 18.2 Å². The largest absolute Gasteiger partial charge is 0.489 e. The summed E-state index contributed by atoms with van der Waals surface area (Å²) in [5.74, 6) is -4.87. The predicted octanol–water partition coefficient (Wildman–Crippen LogP) is 6.19. The van der Waals surface area contributed by atoms with Crippen molar-refractivity contribution in [1.29, 1.82) is 0 Å². The molecule has 0 atom stereocenters. The van der Waals surface area contributed by atoms with Crippen LogP contribution in [0.3, 0.4) is 0 Å². The van der Waals surface area contributed by atoms with Crippen LogP contribution in [0, 0.1) is 23.3 Å². The third kappa shape index (κ3) is 3.97. The lowest BCUT2D eigenvalue weighted by atomic mass is 9.99. The molecule has 0 fully saturated rings. The summed E-state index contributed by atoms with van der Waals surface area (Å²) in [6.07, 6.45) is 0.873. The van der Waals surface area contributed by atoms with Crippen LogP contribution < -0.4 is 15.2 Å². The topological polar surface area (TPSA) is 54.5 Å². The molecule has 0 bridgehead atoms. The molecule has 10 heteroatoms. The van der Waals surface area contributed by atoms with Gasteiger partial charge in [0.25, 0.3) is 5.91 Å². The Hall–Kier alpha value is -3.66. The zero-order valence-electron chi connectivity index (χ0n) is 18.7. The van der Waals surface area contributed by atoms with E-state index in [1.807, 2.05) is 26.0 Å². The molecule has 0 aliphatic carbocycles. The minimum atomic E-state index is -1.44. The number of carbonyl (C=O) groups excluding carboxylic acids is 1. The summed E-state index contributed by atoms with van der Waals surface area (Å²) < 4.78 is 63.2. The number of pyridine rings is 1. The van der Waals surface area contributed by atoms with Gasteiger partial charge in [0.2, 0.25) is 0 Å². The number of carbonyl (C=O) groups is 1. The standard InChI is InChI=1S/C25H19F4N3O2S/c1-12(2)19-22-23(20(16(28)11-30-22)14-9-13(26)10-15(27)21(14)29)35-24(19)25(33)31-32-7-8-34-18-6-4-3-5-17(18)32/h3-6,9-12H,7-8H2,1-2H3,(H,31,33). The van der Waals surface area contributed by atoms with Gasteiger partial charge in [0.15, 0.2) is 17.5 Å². The molecule has 35 heavy (non-hydrogen) atoms. The molecule has 1 aliphatic heterocycles. The molecular weight excluding hydrogens is 482 g/mol. The van der Waals surface area contributed by atoms with Crippen LogP contribution in [0.4, 0.5) is 23.2 Å². The van der Waals surface area contributed by atoms with Crippen LogP contribution in [-0.2, 0) is 0 Å². The number of aromatic nitrogens is 1. The molecule has 5 nitrogen and oxygen atoms in total. The minimum Gasteiger partial charge on any atom is -0.489 e. The van der Waals surface area contributed by atoms with E-state index in [0.717, 1.165) is 23.6 Å². The van der Waals surface area contributed by atoms with E-state index in [-0.39, 0.29) is 26.6 Å². The SMILES string of the molecule is CC(C)c1c(C(=O)NN2CCOc3ccccc32)sc2c(-c3cc(F)cc(F)c3F)c(F)cnc12. The number of ether oxygens (including phenoxy) is 1. The van der Waals surface area contributed by atoms with E-state index in [2.05, 4.69) is 10.4 Å². The fraction of sp³-hybridized carbons (Fsp3) is 0.200. The van der Waals surface area contributed by atoms with Crippen LogP contribution in [0.15, 0.2) is 42.6 Å². The normalized spacial score (nSPS) is 13.2. The zero-order chi connectivity index (χ0) is 24.9. The lowest BCUT2D eigenvalue weighted by molar-refractivity contribution is 0.0948. The molecule has 0 saturated carbocycles. The molecule has 1 N–H and O–H groups in total. The van der Waals surface area contributed by atoms with E-state index in [1.54, 1.807) is 17.1 Å². The number of amides is 1. The molecule has 1 amide bonds. The van der Waals surface area contributed by atoms with Crippen LogP contribution >= 0.6 is 11.3 Å². The second kappa shape index (κ2) is 8.84. The number of fused-ring (bicyclic) bond motifs is 2. The van der Waals surface area contributed by atoms with Gasteiger partial charge in [0, 0.05) is 22.8 Å². The Labute approximate surface area is 201 Å². The van der Waals surface area contributed by atoms with E-state index in [1.165, 1.54) is 0 Å². The van der Waals surface area contributed by atoms with E-state index in [4.69, 9.17) is 4.74 Å². The highest BCUT2D eigenvalue weighted by molar-refractivity contribution is 7.21. The van der Waals surface area contributed by atoms with Gasteiger partial charge in [-0.1, -0.05) is 26.0 Å². The van der Waals surface area contributed by atoms with Crippen molar-refractivity contribution in [3.05, 3.63) is 76.3 Å². The molecule has 180 valence electrons. The van der Waals surface area contributed by atoms with Crippen molar-refractivity contribution in [2.45, 2.75) is 19.8 Å². The van der Waals surface area contributed by atoms with Gasteiger partial charge in [-0.25, -0.2) is 17.6 Å². The summed E-state index contributed by atoms with van der Waals surface area (Å²) in [5, 5.41) is 1.66. The molecule has 2 aromatic carbocycles. The molecule has 0 radical (unpaired) electrons. The fourth-order valence-electron chi connectivity index (χ4n) is 4.18. The van der Waals surface area contributed by atoms with Gasteiger partial charge in [0.05, 0.1) is 33.5 Å². The van der Waals surface area contributed by atoms with Crippen molar-refractivity contribution in [3.63, 3.8) is 0 Å². The number of para-hydroxylation sites is 2. The highest BCUT2D eigenvalue weighted by Crippen LogP contribution is 2.42. The first kappa shape index (κ1) is 23.1. The predicted molar refractivity (Wildman–Crippen MR) is 126 cm³/mol. The Morgan fingerprint density at radius 2 is 1.91 bits per heavy atom. The highest BCUT2D eigenvalue weighted by atomic mass is 32.1. The fourth-order valence-corrected chi connectivity index (χ4v) is 5.53. The maximum absolute atomic E-state index is 14.9. The lowest BCUT2D eigenvalue weighted by Crippen LogP contribution is -2.46. The van der Waals surface area contributed by atoms with E-state index >= 15 is 0 Å². The van der Waals surface area contributed by atoms with Crippen LogP contribution in [0.5, 0.6) is 5.75 Å². The van der Waals surface area contributed by atoms with Gasteiger partial charge < -0.3 is 4.74 Å². The Balaban J connectivity index is 1.65. The number of nitrogens with zero attached hydrogens (tertiary/aromatic N) is 2. The van der Waals surface area contributed by atoms with Crippen molar-refractivity contribution in [1.82, 2.24) is 10.4 Å². The third-order valence-corrected chi connectivity index (χ3v) is 6.91. The average molecular weight is 502 g/mol. The summed E-state index contributed by atoms with van der Waals surface area (Å²) in [4.78, 5) is 17.8. The molecular formula is C25H19F4N3O2S. The second-order valence-corrected chi connectivity index (χ2v) is 9.34. The van der Waals surface area contributed by atoms with E-state index < -0.39 is 34.7 Å². The molecule has 4 aromatic rings. The Morgan fingerprint density at radius 1 is 1.14 bits per heavy atom. The molecule has 3 heterocycles. The molecule has 0 spiro atoms. The van der Waals surface area contributed by atoms with Crippen molar-refractivity contribution >= 4 is 33.1 Å². The second-order valence-electron chi connectivity index (χ2n) is 8.32. The quantitative estimate of drug-likeness (QED) is 0.268. The maximum Gasteiger partial charge on any atom is 0.280 e. The van der Waals surface area contributed by atoms with Gasteiger partial charge >= 0.3 is 0 Å². The summed E-state index contributed by atoms with van der Waals surface area (Å²) >= 11 is 0.902. The molecule has 5 rings (SSSR count). The first-order valence-electron chi connectivity index (χ1n) is 10.8. The number of hydrogen-bond acceptors (Lipinski definition) is 5. The van der Waals surface area contributed by atoms with Crippen LogP contribution in [0.2, 0.25) is 0 Å². The summed E-state index contributed by atoms with van der Waals surface area (Å²) in [6.45, 7) is 4.45. The number of hydrogen-bond donors (Lipinski definition) is 1. The number of hydrazine groups is 1. The van der Waals surface area contributed by atoms with Gasteiger partial charge in [-0.15, -0.1) is 11.3 Å². The van der Waals surface area contributed by atoms with Gasteiger partial charge in [-0.05, 0) is 24.1 Å². The van der Waals surface area contributed by atoms with Crippen LogP contribution in [0.25, 0.3) is 21.3 Å². The maximum atomic E-state index is 14.9. The van der Waals surface area contributed by atoms with Gasteiger partial charge in [-0.2, -0.15) is 0 Å². The van der Waals surface area contributed by atoms with Crippen molar-refractivity contribution in [3.8, 4) is 16.9 Å². The number of rotatable bonds is 4. The number of thiophene rings is 1. The van der Waals surface area contributed by atoms with E-state index in [0.29, 0.717) is 36.2 Å². The Kier molecular flexibility index (Phi) is 5.84. The number of halogens is 4. The number of nitrogens with one attached hydrogen (secondary N) is 1. The Morgan fingerprint density at radius 3 is 2.69 bits per heavy atom. The lowest BCUT2D eigenvalue weighted by Gasteiger charge is -2.31. The van der Waals surface area contributed by atoms with Gasteiger partial charge in [0.1, 0.15) is 18.2 Å². The third-order valence-electron chi connectivity index (χ3n) is 5.70. The molecule has 1 aliphatic rings. The number of benzene rings is 2. The molecule has 0 saturated heterocycles. The molecule has 2 aromatic heterocycles. The molecule has 0 unspecified atom stereocenters.